The molecule has 1 atom stereocenters. The van der Waals surface area contributed by atoms with Crippen LogP contribution < -0.4 is 10.0 Å². The van der Waals surface area contributed by atoms with Crippen LogP contribution in [0.25, 0.3) is 0 Å². The first-order valence-corrected chi connectivity index (χ1v) is 7.10. The summed E-state index contributed by atoms with van der Waals surface area (Å²) >= 11 is 0. The van der Waals surface area contributed by atoms with Crippen LogP contribution in [0.15, 0.2) is 0 Å². The summed E-state index contributed by atoms with van der Waals surface area (Å²) in [6.45, 7) is 3.68. The molecule has 0 saturated carbocycles. The Kier molecular flexibility index (Phi) is 4.91. The monoisotopic (exact) mass is 279 g/mol. The van der Waals surface area contributed by atoms with Crippen molar-refractivity contribution in [2.75, 3.05) is 19.7 Å². The van der Waals surface area contributed by atoms with E-state index in [1.165, 1.54) is 0 Å². The van der Waals surface area contributed by atoms with Crippen LogP contribution in [0.4, 0.5) is 4.79 Å². The summed E-state index contributed by atoms with van der Waals surface area (Å²) in [7, 11) is -4.05. The van der Waals surface area contributed by atoms with E-state index in [4.69, 9.17) is 0 Å². The summed E-state index contributed by atoms with van der Waals surface area (Å²) in [5, 5.41) is 2.57. The topological polar surface area (TPSA) is 105 Å². The quantitative estimate of drug-likeness (QED) is 0.700. The average molecular weight is 279 g/mol. The van der Waals surface area contributed by atoms with Gasteiger partial charge in [-0.3, -0.25) is 4.79 Å². The zero-order valence-electron chi connectivity index (χ0n) is 10.3. The highest BCUT2D eigenvalue weighted by Crippen LogP contribution is 2.12. The summed E-state index contributed by atoms with van der Waals surface area (Å²) in [5.74, 6) is -0.363. The Bertz CT molecular complexity index is 422. The fraction of sp³-hybridized carbons (Fsp3) is 0.778. The Balaban J connectivity index is 2.82. The number of amides is 2. The molecule has 2 amide bonds. The number of hydrogen-bond donors (Lipinski definition) is 2. The molecule has 1 heterocycles. The first-order chi connectivity index (χ1) is 8.42. The molecule has 0 aromatic carbocycles. The molecular weight excluding hydrogens is 262 g/mol. The molecular formula is C9H17N3O5S. The predicted octanol–water partition coefficient (Wildman–Crippen LogP) is -0.812. The van der Waals surface area contributed by atoms with Crippen LogP contribution in [-0.4, -0.2) is 50.5 Å². The summed E-state index contributed by atoms with van der Waals surface area (Å²) in [6.07, 6.45) is -0.714. The van der Waals surface area contributed by atoms with E-state index in [2.05, 4.69) is 10.1 Å². The van der Waals surface area contributed by atoms with Crippen LogP contribution in [0.2, 0.25) is 0 Å². The lowest BCUT2D eigenvalue weighted by Gasteiger charge is -2.32. The van der Waals surface area contributed by atoms with Gasteiger partial charge in [-0.25, -0.2) is 9.52 Å². The van der Waals surface area contributed by atoms with Gasteiger partial charge in [-0.1, -0.05) is 6.92 Å². The molecule has 104 valence electrons. The van der Waals surface area contributed by atoms with Crippen LogP contribution in [0.3, 0.4) is 0 Å². The van der Waals surface area contributed by atoms with E-state index >= 15 is 0 Å². The number of carbonyl (C=O) groups is 2. The lowest BCUT2D eigenvalue weighted by Crippen LogP contribution is -2.59. The number of nitrogens with zero attached hydrogens (tertiary/aromatic N) is 1. The number of ether oxygens (including phenoxy) is 1. The maximum atomic E-state index is 11.9. The van der Waals surface area contributed by atoms with Crippen molar-refractivity contribution in [3.05, 3.63) is 0 Å². The molecule has 0 aromatic heterocycles. The van der Waals surface area contributed by atoms with Gasteiger partial charge >= 0.3 is 16.3 Å². The van der Waals surface area contributed by atoms with Gasteiger partial charge in [0.15, 0.2) is 0 Å². The van der Waals surface area contributed by atoms with Crippen molar-refractivity contribution in [2.45, 2.75) is 26.3 Å². The van der Waals surface area contributed by atoms with Crippen molar-refractivity contribution < 1.29 is 22.7 Å². The Morgan fingerprint density at radius 1 is 1.56 bits per heavy atom. The van der Waals surface area contributed by atoms with Crippen LogP contribution in [0, 0.1) is 0 Å². The van der Waals surface area contributed by atoms with Crippen molar-refractivity contribution in [1.82, 2.24) is 14.3 Å². The smallest absolute Gasteiger partial charge is 0.421 e. The second-order valence-electron chi connectivity index (χ2n) is 3.65. The van der Waals surface area contributed by atoms with E-state index < -0.39 is 22.3 Å². The van der Waals surface area contributed by atoms with Gasteiger partial charge < -0.3 is 10.1 Å². The van der Waals surface area contributed by atoms with Crippen molar-refractivity contribution in [3.8, 4) is 0 Å². The van der Waals surface area contributed by atoms with E-state index in [0.29, 0.717) is 6.42 Å². The van der Waals surface area contributed by atoms with Gasteiger partial charge in [0.05, 0.1) is 6.61 Å². The van der Waals surface area contributed by atoms with Crippen molar-refractivity contribution in [3.63, 3.8) is 0 Å². The van der Waals surface area contributed by atoms with Gasteiger partial charge in [-0.05, 0) is 13.3 Å². The summed E-state index contributed by atoms with van der Waals surface area (Å²) in [6, 6.07) is -0.800. The third kappa shape index (κ3) is 3.33. The maximum Gasteiger partial charge on any atom is 0.421 e. The first-order valence-electron chi connectivity index (χ1n) is 5.66. The second-order valence-corrected chi connectivity index (χ2v) is 5.28. The zero-order chi connectivity index (χ0) is 13.8. The molecule has 1 fully saturated rings. The molecule has 1 aliphatic heterocycles. The van der Waals surface area contributed by atoms with Crippen LogP contribution in [-0.2, 0) is 19.7 Å². The highest BCUT2D eigenvalue weighted by molar-refractivity contribution is 7.87. The Morgan fingerprint density at radius 3 is 2.78 bits per heavy atom. The third-order valence-electron chi connectivity index (χ3n) is 2.46. The van der Waals surface area contributed by atoms with Crippen LogP contribution in [0.5, 0.6) is 0 Å². The SMILES string of the molecule is CCOC(=O)NS(=O)(=O)N1CCNC(=O)C1CC. The van der Waals surface area contributed by atoms with E-state index in [1.807, 2.05) is 0 Å². The molecule has 9 heteroatoms. The molecule has 2 N–H and O–H groups in total. The lowest BCUT2D eigenvalue weighted by atomic mass is 10.2. The Morgan fingerprint density at radius 2 is 2.22 bits per heavy atom. The van der Waals surface area contributed by atoms with E-state index in [-0.39, 0.29) is 25.6 Å². The molecule has 1 unspecified atom stereocenters. The molecule has 0 radical (unpaired) electrons. The summed E-state index contributed by atoms with van der Waals surface area (Å²) in [4.78, 5) is 22.7. The largest absolute Gasteiger partial charge is 0.449 e. The second kappa shape index (κ2) is 6.01. The van der Waals surface area contributed by atoms with Gasteiger partial charge in [0, 0.05) is 13.1 Å². The molecule has 0 aliphatic carbocycles. The fourth-order valence-corrected chi connectivity index (χ4v) is 2.99. The standard InChI is InChI=1S/C9H17N3O5S/c1-3-7-8(13)10-5-6-12(7)18(15,16)11-9(14)17-4-2/h7H,3-6H2,1-2H3,(H,10,13)(H,11,14). The molecule has 0 aromatic rings. The molecule has 1 aliphatic rings. The van der Waals surface area contributed by atoms with Crippen molar-refractivity contribution in [2.24, 2.45) is 0 Å². The lowest BCUT2D eigenvalue weighted by molar-refractivity contribution is -0.126. The van der Waals surface area contributed by atoms with E-state index in [9.17, 15) is 18.0 Å². The molecule has 0 bridgehead atoms. The van der Waals surface area contributed by atoms with Crippen LogP contribution in [0.1, 0.15) is 20.3 Å². The minimum Gasteiger partial charge on any atom is -0.449 e. The number of nitrogens with one attached hydrogen (secondary N) is 2. The molecule has 8 nitrogen and oxygen atoms in total. The highest BCUT2D eigenvalue weighted by atomic mass is 32.2. The highest BCUT2D eigenvalue weighted by Gasteiger charge is 2.37. The minimum atomic E-state index is -4.05. The van der Waals surface area contributed by atoms with Gasteiger partial charge in [0.1, 0.15) is 6.04 Å². The van der Waals surface area contributed by atoms with Crippen LogP contribution >= 0.6 is 0 Å². The minimum absolute atomic E-state index is 0.0685. The van der Waals surface area contributed by atoms with E-state index in [1.54, 1.807) is 18.6 Å². The molecule has 18 heavy (non-hydrogen) atoms. The predicted molar refractivity (Wildman–Crippen MR) is 62.9 cm³/mol. The van der Waals surface area contributed by atoms with E-state index in [0.717, 1.165) is 4.31 Å². The number of rotatable bonds is 4. The zero-order valence-corrected chi connectivity index (χ0v) is 11.1. The maximum absolute atomic E-state index is 11.9. The molecule has 1 rings (SSSR count). The third-order valence-corrected chi connectivity index (χ3v) is 3.94. The summed E-state index contributed by atoms with van der Waals surface area (Å²) in [5.41, 5.74) is 0. The number of piperazine rings is 1. The Hall–Kier alpha value is -1.35. The summed E-state index contributed by atoms with van der Waals surface area (Å²) < 4.78 is 31.1. The van der Waals surface area contributed by atoms with Gasteiger partial charge in [0.2, 0.25) is 5.91 Å². The number of carbonyl (C=O) groups excluding carboxylic acids is 2. The van der Waals surface area contributed by atoms with Gasteiger partial charge in [-0.15, -0.1) is 0 Å². The van der Waals surface area contributed by atoms with Crippen molar-refractivity contribution >= 4 is 22.2 Å². The van der Waals surface area contributed by atoms with Crippen molar-refractivity contribution in [1.29, 1.82) is 0 Å². The first kappa shape index (κ1) is 14.7. The van der Waals surface area contributed by atoms with Gasteiger partial charge in [0.25, 0.3) is 0 Å². The fourth-order valence-electron chi connectivity index (χ4n) is 1.69. The van der Waals surface area contributed by atoms with Gasteiger partial charge in [-0.2, -0.15) is 12.7 Å². The normalized spacial score (nSPS) is 21.2. The average Bonchev–Trinajstić information content (AvgIpc) is 2.28. The Labute approximate surface area is 106 Å². The molecule has 0 spiro atoms. The molecule has 1 saturated heterocycles. The number of hydrogen-bond acceptors (Lipinski definition) is 5.